The summed E-state index contributed by atoms with van der Waals surface area (Å²) in [6.07, 6.45) is 0.791. The Balaban J connectivity index is 2.52. The summed E-state index contributed by atoms with van der Waals surface area (Å²) >= 11 is -0.0211. The molecule has 56 valence electrons. The van der Waals surface area contributed by atoms with Crippen LogP contribution in [-0.2, 0) is 0 Å². The van der Waals surface area contributed by atoms with Crippen LogP contribution in [0.3, 0.4) is 0 Å². The quantitative estimate of drug-likeness (QED) is 0.636. The van der Waals surface area contributed by atoms with E-state index in [-0.39, 0.29) is 20.9 Å². The molecule has 0 spiro atoms. The van der Waals surface area contributed by atoms with E-state index in [0.717, 1.165) is 16.5 Å². The number of ketones is 1. The number of carbonyl (C=O) groups is 1. The maximum atomic E-state index is 11.3. The first-order valence-corrected chi connectivity index (χ1v) is 6.44. The van der Waals surface area contributed by atoms with E-state index in [4.69, 9.17) is 0 Å². The van der Waals surface area contributed by atoms with Gasteiger partial charge in [0.15, 0.2) is 0 Å². The van der Waals surface area contributed by atoms with Gasteiger partial charge in [-0.15, -0.1) is 0 Å². The minimum atomic E-state index is -0.0211. The summed E-state index contributed by atoms with van der Waals surface area (Å²) in [7, 11) is 0. The predicted octanol–water partition coefficient (Wildman–Crippen LogP) is 1.02. The Morgan fingerprint density at radius 2 is 2.09 bits per heavy atom. The van der Waals surface area contributed by atoms with Crippen molar-refractivity contribution in [1.82, 2.24) is 0 Å². The first kappa shape index (κ1) is 7.34. The molecule has 0 bridgehead atoms. The van der Waals surface area contributed by atoms with Crippen LogP contribution in [0.5, 0.6) is 0 Å². The molecule has 0 unspecified atom stereocenters. The van der Waals surface area contributed by atoms with Gasteiger partial charge in [0.05, 0.1) is 0 Å². The average molecular weight is 260 g/mol. The number of benzene rings is 1. The summed E-state index contributed by atoms with van der Waals surface area (Å²) in [5, 5.41) is 0. The summed E-state index contributed by atoms with van der Waals surface area (Å²) in [4.78, 5) is 11.3. The molecule has 0 fully saturated rings. The molecule has 11 heavy (non-hydrogen) atoms. The minimum absolute atomic E-state index is 0.0211. The Hall–Kier alpha value is -0.320. The van der Waals surface area contributed by atoms with Gasteiger partial charge in [-0.25, -0.2) is 0 Å². The standard InChI is InChI=1S/C9H8OTe/c10-8-5-6-11-9-4-2-1-3-7(8)9/h1-4H,5-6H2. The molecule has 2 heteroatoms. The van der Waals surface area contributed by atoms with Crippen LogP contribution >= 0.6 is 0 Å². The summed E-state index contributed by atoms with van der Waals surface area (Å²) in [5.74, 6) is 0.344. The fourth-order valence-corrected chi connectivity index (χ4v) is 4.12. The van der Waals surface area contributed by atoms with Gasteiger partial charge in [-0.3, -0.25) is 0 Å². The molecule has 0 aliphatic carbocycles. The zero-order chi connectivity index (χ0) is 7.68. The third-order valence-electron chi connectivity index (χ3n) is 1.77. The van der Waals surface area contributed by atoms with Crippen LogP contribution in [0.25, 0.3) is 0 Å². The van der Waals surface area contributed by atoms with E-state index >= 15 is 0 Å². The predicted molar refractivity (Wildman–Crippen MR) is 45.6 cm³/mol. The molecule has 0 radical (unpaired) electrons. The Morgan fingerprint density at radius 3 is 2.91 bits per heavy atom. The second-order valence-corrected chi connectivity index (χ2v) is 5.76. The molecule has 1 aliphatic heterocycles. The summed E-state index contributed by atoms with van der Waals surface area (Å²) < 4.78 is 2.51. The van der Waals surface area contributed by atoms with Gasteiger partial charge in [-0.1, -0.05) is 0 Å². The van der Waals surface area contributed by atoms with Gasteiger partial charge in [0.2, 0.25) is 0 Å². The van der Waals surface area contributed by atoms with E-state index in [1.807, 2.05) is 18.2 Å². The van der Waals surface area contributed by atoms with Crippen molar-refractivity contribution in [2.45, 2.75) is 10.9 Å². The Bertz CT molecular complexity index is 293. The molecular weight excluding hydrogens is 252 g/mol. The van der Waals surface area contributed by atoms with Crippen LogP contribution in [0.4, 0.5) is 0 Å². The molecule has 1 heterocycles. The number of fused-ring (bicyclic) bond motifs is 1. The molecule has 2 rings (SSSR count). The summed E-state index contributed by atoms with van der Waals surface area (Å²) in [6.45, 7) is 0. The molecular formula is C9H8OTe. The molecule has 0 saturated heterocycles. The molecule has 0 aromatic heterocycles. The van der Waals surface area contributed by atoms with E-state index in [9.17, 15) is 4.79 Å². The van der Waals surface area contributed by atoms with Crippen molar-refractivity contribution < 1.29 is 4.79 Å². The summed E-state index contributed by atoms with van der Waals surface area (Å²) in [5.41, 5.74) is 1.00. The third-order valence-corrected chi connectivity index (χ3v) is 4.84. The second-order valence-electron chi connectivity index (χ2n) is 2.52. The van der Waals surface area contributed by atoms with Gasteiger partial charge >= 0.3 is 75.8 Å². The monoisotopic (exact) mass is 262 g/mol. The van der Waals surface area contributed by atoms with Gasteiger partial charge < -0.3 is 0 Å². The topological polar surface area (TPSA) is 17.1 Å². The van der Waals surface area contributed by atoms with E-state index in [2.05, 4.69) is 6.07 Å². The molecule has 0 atom stereocenters. The number of carbonyl (C=O) groups excluding carboxylic acids is 1. The van der Waals surface area contributed by atoms with Crippen molar-refractivity contribution in [3.8, 4) is 0 Å². The molecule has 0 amide bonds. The summed E-state index contributed by atoms with van der Waals surface area (Å²) in [6, 6.07) is 8.05. The van der Waals surface area contributed by atoms with Crippen molar-refractivity contribution in [2.75, 3.05) is 0 Å². The van der Waals surface area contributed by atoms with E-state index < -0.39 is 0 Å². The molecule has 1 aromatic rings. The average Bonchev–Trinajstić information content (AvgIpc) is 2.06. The fourth-order valence-electron chi connectivity index (χ4n) is 1.21. The van der Waals surface area contributed by atoms with Crippen LogP contribution in [0.1, 0.15) is 16.8 Å². The SMILES string of the molecule is O=C1CC[Te]c2ccccc21. The van der Waals surface area contributed by atoms with Crippen molar-refractivity contribution in [1.29, 1.82) is 0 Å². The van der Waals surface area contributed by atoms with Crippen molar-refractivity contribution >= 4 is 30.3 Å². The number of Topliss-reactive ketones (excluding diaryl/α,β-unsaturated/α-hetero) is 1. The van der Waals surface area contributed by atoms with E-state index in [0.29, 0.717) is 5.78 Å². The van der Waals surface area contributed by atoms with Gasteiger partial charge in [0.25, 0.3) is 0 Å². The van der Waals surface area contributed by atoms with Gasteiger partial charge in [-0.05, 0) is 0 Å². The van der Waals surface area contributed by atoms with E-state index in [1.165, 1.54) is 3.61 Å². The Morgan fingerprint density at radius 1 is 1.27 bits per heavy atom. The van der Waals surface area contributed by atoms with Gasteiger partial charge in [0.1, 0.15) is 0 Å². The normalized spacial score (nSPS) is 16.2. The maximum absolute atomic E-state index is 11.3. The van der Waals surface area contributed by atoms with Crippen molar-refractivity contribution in [3.05, 3.63) is 29.8 Å². The Kier molecular flexibility index (Phi) is 1.98. The molecule has 0 N–H and O–H groups in total. The van der Waals surface area contributed by atoms with Gasteiger partial charge in [-0.2, -0.15) is 0 Å². The number of rotatable bonds is 0. The van der Waals surface area contributed by atoms with E-state index in [1.54, 1.807) is 0 Å². The van der Waals surface area contributed by atoms with Gasteiger partial charge in [0, 0.05) is 0 Å². The fraction of sp³-hybridized carbons (Fsp3) is 0.222. The van der Waals surface area contributed by atoms with Crippen molar-refractivity contribution in [3.63, 3.8) is 0 Å². The zero-order valence-electron chi connectivity index (χ0n) is 6.04. The zero-order valence-corrected chi connectivity index (χ0v) is 8.37. The molecule has 0 saturated carbocycles. The van der Waals surface area contributed by atoms with Crippen LogP contribution in [-0.4, -0.2) is 26.7 Å². The number of hydrogen-bond donors (Lipinski definition) is 0. The molecule has 1 aliphatic rings. The Labute approximate surface area is 75.9 Å². The van der Waals surface area contributed by atoms with Crippen LogP contribution in [0, 0.1) is 0 Å². The van der Waals surface area contributed by atoms with Crippen molar-refractivity contribution in [2.24, 2.45) is 0 Å². The van der Waals surface area contributed by atoms with Crippen LogP contribution < -0.4 is 3.61 Å². The third kappa shape index (κ3) is 1.33. The molecule has 1 nitrogen and oxygen atoms in total. The first-order chi connectivity index (χ1) is 5.38. The second kappa shape index (κ2) is 2.97. The van der Waals surface area contributed by atoms with Crippen LogP contribution in [0.15, 0.2) is 24.3 Å². The first-order valence-electron chi connectivity index (χ1n) is 3.63. The van der Waals surface area contributed by atoms with Crippen LogP contribution in [0.2, 0.25) is 4.47 Å². The molecule has 1 aromatic carbocycles. The number of hydrogen-bond acceptors (Lipinski definition) is 1.